The molecule has 2 aromatic rings. The molecule has 0 aliphatic carbocycles. The minimum absolute atomic E-state index is 0.486. The first-order chi connectivity index (χ1) is 9.10. The van der Waals surface area contributed by atoms with Crippen molar-refractivity contribution in [1.82, 2.24) is 0 Å². The number of hydrogen-bond donors (Lipinski definition) is 1. The van der Waals surface area contributed by atoms with E-state index in [1.165, 1.54) is 0 Å². The Morgan fingerprint density at radius 3 is 2.32 bits per heavy atom. The summed E-state index contributed by atoms with van der Waals surface area (Å²) in [5.41, 5.74) is 0.490. The molecule has 1 amide bonds. The van der Waals surface area contributed by atoms with Crippen molar-refractivity contribution in [3.05, 3.63) is 50.9 Å². The summed E-state index contributed by atoms with van der Waals surface area (Å²) >= 11 is 15.1. The second-order valence-electron chi connectivity index (χ2n) is 3.58. The zero-order chi connectivity index (χ0) is 13.8. The van der Waals surface area contributed by atoms with Crippen LogP contribution in [0.5, 0.6) is 11.5 Å². The minimum atomic E-state index is 0.486. The van der Waals surface area contributed by atoms with E-state index in [1.54, 1.807) is 36.4 Å². The van der Waals surface area contributed by atoms with Crippen molar-refractivity contribution >= 4 is 51.2 Å². The number of rotatable bonds is 4. The monoisotopic (exact) mass is 359 g/mol. The molecule has 0 aliphatic rings. The Balaban J connectivity index is 2.34. The van der Waals surface area contributed by atoms with Gasteiger partial charge in [0, 0.05) is 10.0 Å². The first-order valence-corrected chi connectivity index (χ1v) is 6.77. The van der Waals surface area contributed by atoms with E-state index in [0.717, 1.165) is 0 Å². The smallest absolute Gasteiger partial charge is 0.211 e. The summed E-state index contributed by atoms with van der Waals surface area (Å²) in [4.78, 5) is 10.6. The van der Waals surface area contributed by atoms with Gasteiger partial charge in [-0.2, -0.15) is 0 Å². The highest BCUT2D eigenvalue weighted by atomic mass is 79.9. The van der Waals surface area contributed by atoms with Crippen molar-refractivity contribution in [3.8, 4) is 11.5 Å². The number of halogens is 3. The largest absolute Gasteiger partial charge is 0.454 e. The fourth-order valence-electron chi connectivity index (χ4n) is 1.44. The third-order valence-electron chi connectivity index (χ3n) is 2.27. The molecule has 0 heterocycles. The Morgan fingerprint density at radius 1 is 1.05 bits per heavy atom. The van der Waals surface area contributed by atoms with Gasteiger partial charge < -0.3 is 10.1 Å². The van der Waals surface area contributed by atoms with Crippen molar-refractivity contribution in [2.45, 2.75) is 0 Å². The zero-order valence-corrected chi connectivity index (χ0v) is 12.6. The van der Waals surface area contributed by atoms with Crippen LogP contribution >= 0.6 is 39.1 Å². The molecule has 0 saturated carbocycles. The fourth-order valence-corrected chi connectivity index (χ4v) is 2.38. The van der Waals surface area contributed by atoms with Gasteiger partial charge >= 0.3 is 0 Å². The first kappa shape index (κ1) is 14.2. The van der Waals surface area contributed by atoms with Crippen molar-refractivity contribution in [1.29, 1.82) is 0 Å². The topological polar surface area (TPSA) is 38.3 Å². The van der Waals surface area contributed by atoms with Crippen LogP contribution in [0.2, 0.25) is 10.0 Å². The fraction of sp³-hybridized carbons (Fsp3) is 0. The number of nitrogens with one attached hydrogen (secondary N) is 1. The molecule has 0 fully saturated rings. The molecule has 0 atom stereocenters. The molecule has 0 aromatic heterocycles. The number of hydrogen-bond acceptors (Lipinski definition) is 2. The summed E-state index contributed by atoms with van der Waals surface area (Å²) in [5, 5.41) is 3.64. The Hall–Kier alpha value is -1.23. The van der Waals surface area contributed by atoms with Crippen LogP contribution in [0, 0.1) is 0 Å². The number of benzene rings is 2. The molecule has 0 radical (unpaired) electrons. The maximum absolute atomic E-state index is 10.6. The summed E-state index contributed by atoms with van der Waals surface area (Å²) in [6, 6.07) is 10.1. The van der Waals surface area contributed by atoms with E-state index >= 15 is 0 Å². The van der Waals surface area contributed by atoms with Gasteiger partial charge in [-0.05, 0) is 52.3 Å². The molecule has 1 N–H and O–H groups in total. The summed E-state index contributed by atoms with van der Waals surface area (Å²) in [5.74, 6) is 1.07. The van der Waals surface area contributed by atoms with Crippen molar-refractivity contribution in [2.75, 3.05) is 5.32 Å². The van der Waals surface area contributed by atoms with Crippen LogP contribution in [-0.4, -0.2) is 6.41 Å². The molecule has 0 spiro atoms. The Labute approximate surface area is 128 Å². The van der Waals surface area contributed by atoms with E-state index in [1.807, 2.05) is 0 Å². The first-order valence-electron chi connectivity index (χ1n) is 5.23. The number of amides is 1. The summed E-state index contributed by atoms with van der Waals surface area (Å²) in [6.45, 7) is 0. The van der Waals surface area contributed by atoms with Crippen LogP contribution in [-0.2, 0) is 4.79 Å². The summed E-state index contributed by atoms with van der Waals surface area (Å²) in [6.07, 6.45) is 0.565. The van der Waals surface area contributed by atoms with Gasteiger partial charge in [0.2, 0.25) is 6.41 Å². The molecule has 2 rings (SSSR count). The van der Waals surface area contributed by atoms with Crippen molar-refractivity contribution < 1.29 is 9.53 Å². The lowest BCUT2D eigenvalue weighted by molar-refractivity contribution is -0.105. The lowest BCUT2D eigenvalue weighted by Crippen LogP contribution is -1.97. The number of ether oxygens (including phenoxy) is 1. The van der Waals surface area contributed by atoms with Crippen LogP contribution in [0.4, 0.5) is 5.69 Å². The molecule has 6 heteroatoms. The molecule has 2 aromatic carbocycles. The lowest BCUT2D eigenvalue weighted by atomic mass is 10.3. The third kappa shape index (κ3) is 3.62. The highest BCUT2D eigenvalue weighted by molar-refractivity contribution is 9.10. The van der Waals surface area contributed by atoms with Gasteiger partial charge in [-0.25, -0.2) is 0 Å². The second kappa shape index (κ2) is 6.28. The lowest BCUT2D eigenvalue weighted by Gasteiger charge is -2.12. The van der Waals surface area contributed by atoms with Gasteiger partial charge in [0.15, 0.2) is 5.75 Å². The quantitative estimate of drug-likeness (QED) is 0.768. The zero-order valence-electron chi connectivity index (χ0n) is 9.49. The van der Waals surface area contributed by atoms with E-state index in [2.05, 4.69) is 21.2 Å². The highest BCUT2D eigenvalue weighted by Gasteiger charge is 2.08. The van der Waals surface area contributed by atoms with Gasteiger partial charge in [0.25, 0.3) is 0 Å². The Morgan fingerprint density at radius 2 is 1.68 bits per heavy atom. The van der Waals surface area contributed by atoms with E-state index in [4.69, 9.17) is 27.9 Å². The summed E-state index contributed by atoms with van der Waals surface area (Å²) < 4.78 is 6.43. The number of carbonyl (C=O) groups is 1. The Kier molecular flexibility index (Phi) is 4.69. The maximum atomic E-state index is 10.6. The van der Waals surface area contributed by atoms with Crippen LogP contribution in [0.3, 0.4) is 0 Å². The predicted octanol–water partition coefficient (Wildman–Crippen LogP) is 5.12. The van der Waals surface area contributed by atoms with E-state index in [-0.39, 0.29) is 0 Å². The van der Waals surface area contributed by atoms with Crippen LogP contribution in [0.25, 0.3) is 0 Å². The van der Waals surface area contributed by atoms with Gasteiger partial charge in [0.1, 0.15) is 5.75 Å². The standard InChI is InChI=1S/C13H8BrCl2NO2/c14-10-5-8(15)1-3-12(10)19-13-4-2-9(16)6-11(13)17-7-18/h1-7H,(H,17,18). The van der Waals surface area contributed by atoms with E-state index < -0.39 is 0 Å². The van der Waals surface area contributed by atoms with Gasteiger partial charge in [0.05, 0.1) is 10.2 Å². The average molecular weight is 361 g/mol. The maximum Gasteiger partial charge on any atom is 0.211 e. The van der Waals surface area contributed by atoms with Gasteiger partial charge in [-0.3, -0.25) is 4.79 Å². The van der Waals surface area contributed by atoms with Crippen LogP contribution in [0.1, 0.15) is 0 Å². The SMILES string of the molecule is O=CNc1cc(Cl)ccc1Oc1ccc(Cl)cc1Br. The van der Waals surface area contributed by atoms with E-state index in [0.29, 0.717) is 38.1 Å². The Bertz CT molecular complexity index is 620. The molecular weight excluding hydrogens is 353 g/mol. The molecule has 0 unspecified atom stereocenters. The second-order valence-corrected chi connectivity index (χ2v) is 5.31. The van der Waals surface area contributed by atoms with Crippen molar-refractivity contribution in [2.24, 2.45) is 0 Å². The number of anilines is 1. The minimum Gasteiger partial charge on any atom is -0.454 e. The third-order valence-corrected chi connectivity index (χ3v) is 3.36. The highest BCUT2D eigenvalue weighted by Crippen LogP contribution is 2.36. The molecule has 0 bridgehead atoms. The molecule has 3 nitrogen and oxygen atoms in total. The number of carbonyl (C=O) groups excluding carboxylic acids is 1. The van der Waals surface area contributed by atoms with Gasteiger partial charge in [-0.1, -0.05) is 23.2 Å². The van der Waals surface area contributed by atoms with E-state index in [9.17, 15) is 4.79 Å². The van der Waals surface area contributed by atoms with Crippen LogP contribution < -0.4 is 10.1 Å². The molecule has 0 aliphatic heterocycles. The normalized spacial score (nSPS) is 10.1. The average Bonchev–Trinajstić information content (AvgIpc) is 2.36. The van der Waals surface area contributed by atoms with Crippen LogP contribution in [0.15, 0.2) is 40.9 Å². The van der Waals surface area contributed by atoms with Crippen molar-refractivity contribution in [3.63, 3.8) is 0 Å². The molecular formula is C13H8BrCl2NO2. The predicted molar refractivity (Wildman–Crippen MR) is 80.4 cm³/mol. The molecule has 98 valence electrons. The summed E-state index contributed by atoms with van der Waals surface area (Å²) in [7, 11) is 0. The van der Waals surface area contributed by atoms with Gasteiger partial charge in [-0.15, -0.1) is 0 Å². The molecule has 0 saturated heterocycles. The molecule has 19 heavy (non-hydrogen) atoms.